The van der Waals surface area contributed by atoms with Crippen LogP contribution in [0.4, 0.5) is 5.69 Å². The second-order valence-corrected chi connectivity index (χ2v) is 8.62. The molecule has 1 atom stereocenters. The molecule has 1 unspecified atom stereocenters. The van der Waals surface area contributed by atoms with Crippen LogP contribution in [0.25, 0.3) is 0 Å². The first-order valence-corrected chi connectivity index (χ1v) is 12.0. The smallest absolute Gasteiger partial charge is 0.343 e. The van der Waals surface area contributed by atoms with Crippen molar-refractivity contribution in [1.82, 2.24) is 0 Å². The summed E-state index contributed by atoms with van der Waals surface area (Å²) in [6.07, 6.45) is 3.68. The van der Waals surface area contributed by atoms with Crippen LogP contribution in [0.1, 0.15) is 33.9 Å². The van der Waals surface area contributed by atoms with E-state index >= 15 is 0 Å². The van der Waals surface area contributed by atoms with Crippen molar-refractivity contribution in [3.63, 3.8) is 0 Å². The lowest BCUT2D eigenvalue weighted by Gasteiger charge is -2.13. The van der Waals surface area contributed by atoms with E-state index in [0.717, 1.165) is 5.69 Å². The molecule has 194 valence electrons. The number of rotatable bonds is 9. The number of benzene rings is 3. The first kappa shape index (κ1) is 26.2. The second-order valence-electron chi connectivity index (χ2n) is 8.62. The van der Waals surface area contributed by atoms with E-state index in [4.69, 9.17) is 18.9 Å². The van der Waals surface area contributed by atoms with Gasteiger partial charge in [-0.3, -0.25) is 0 Å². The molecule has 0 spiro atoms. The molecule has 8 heteroatoms. The van der Waals surface area contributed by atoms with E-state index in [-0.39, 0.29) is 6.23 Å². The van der Waals surface area contributed by atoms with E-state index in [2.05, 4.69) is 0 Å². The Labute approximate surface area is 221 Å². The molecule has 0 radical (unpaired) electrons. The van der Waals surface area contributed by atoms with Gasteiger partial charge in [-0.25, -0.2) is 9.59 Å². The van der Waals surface area contributed by atoms with Gasteiger partial charge in [0, 0.05) is 38.8 Å². The summed E-state index contributed by atoms with van der Waals surface area (Å²) in [5.74, 6) is 0.913. The zero-order valence-corrected chi connectivity index (χ0v) is 21.7. The van der Waals surface area contributed by atoms with Gasteiger partial charge in [0.25, 0.3) is 6.23 Å². The Hall–Kier alpha value is -4.85. The summed E-state index contributed by atoms with van der Waals surface area (Å²) in [4.78, 5) is 26.9. The van der Waals surface area contributed by atoms with Crippen molar-refractivity contribution < 1.29 is 33.1 Å². The number of ether oxygens (including phenoxy) is 4. The molecule has 0 fully saturated rings. The molecule has 0 saturated carbocycles. The van der Waals surface area contributed by atoms with Crippen molar-refractivity contribution in [3.05, 3.63) is 108 Å². The summed E-state index contributed by atoms with van der Waals surface area (Å²) in [5.41, 5.74) is 1.87. The second kappa shape index (κ2) is 11.9. The van der Waals surface area contributed by atoms with E-state index in [1.165, 1.54) is 0 Å². The zero-order valence-electron chi connectivity index (χ0n) is 21.7. The van der Waals surface area contributed by atoms with Crippen molar-refractivity contribution in [2.75, 3.05) is 26.1 Å². The van der Waals surface area contributed by atoms with Gasteiger partial charge in [0.15, 0.2) is 12.4 Å². The molecule has 38 heavy (non-hydrogen) atoms. The molecule has 0 aliphatic heterocycles. The quantitative estimate of drug-likeness (QED) is 0.175. The predicted octanol–water partition coefficient (Wildman–Crippen LogP) is 5.08. The highest BCUT2D eigenvalue weighted by Crippen LogP contribution is 2.22. The van der Waals surface area contributed by atoms with Crippen molar-refractivity contribution in [2.45, 2.75) is 13.2 Å². The highest BCUT2D eigenvalue weighted by Gasteiger charge is 2.15. The van der Waals surface area contributed by atoms with Crippen LogP contribution in [0, 0.1) is 0 Å². The Morgan fingerprint density at radius 3 is 1.50 bits per heavy atom. The summed E-state index contributed by atoms with van der Waals surface area (Å²) >= 11 is 0. The number of methoxy groups -OCH3 is 1. The number of aromatic nitrogens is 1. The van der Waals surface area contributed by atoms with Gasteiger partial charge in [-0.1, -0.05) is 0 Å². The van der Waals surface area contributed by atoms with Gasteiger partial charge in [-0.05, 0) is 72.8 Å². The van der Waals surface area contributed by atoms with Crippen LogP contribution in [0.5, 0.6) is 23.0 Å². The molecular formula is C30H29N2O6+. The van der Waals surface area contributed by atoms with Crippen molar-refractivity contribution in [3.8, 4) is 23.0 Å². The number of hydrogen-bond acceptors (Lipinski definition) is 7. The zero-order chi connectivity index (χ0) is 27.1. The number of esters is 2. The van der Waals surface area contributed by atoms with E-state index in [1.54, 1.807) is 79.9 Å². The molecule has 1 aromatic heterocycles. The molecular weight excluding hydrogens is 484 g/mol. The van der Waals surface area contributed by atoms with Crippen LogP contribution in [-0.4, -0.2) is 33.1 Å². The van der Waals surface area contributed by atoms with Gasteiger partial charge < -0.3 is 23.8 Å². The van der Waals surface area contributed by atoms with Crippen LogP contribution in [0.3, 0.4) is 0 Å². The summed E-state index contributed by atoms with van der Waals surface area (Å²) in [6, 6.07) is 23.6. The van der Waals surface area contributed by atoms with Gasteiger partial charge in [-0.2, -0.15) is 4.57 Å². The number of nitrogens with zero attached hydrogens (tertiary/aromatic N) is 2. The monoisotopic (exact) mass is 513 g/mol. The van der Waals surface area contributed by atoms with E-state index in [1.807, 2.05) is 55.0 Å². The molecule has 1 heterocycles. The minimum Gasteiger partial charge on any atom is -0.497 e. The van der Waals surface area contributed by atoms with Crippen LogP contribution < -0.4 is 28.4 Å². The van der Waals surface area contributed by atoms with Gasteiger partial charge in [0.05, 0.1) is 18.2 Å². The van der Waals surface area contributed by atoms with E-state index < -0.39 is 11.9 Å². The standard InChI is InChI=1S/C30H29N2O6/c1-21(32-19-17-24(18-20-32)31(2)3)36-26-11-7-23(8-12-26)30(34)38-28-15-13-27(14-16-28)37-29(33)22-5-9-25(35-4)10-6-22/h5-21H,1-4H3/q+1. The Morgan fingerprint density at radius 1 is 0.658 bits per heavy atom. The average Bonchev–Trinajstić information content (AvgIpc) is 2.94. The molecule has 3 aromatic carbocycles. The van der Waals surface area contributed by atoms with Crippen molar-refractivity contribution >= 4 is 17.6 Å². The third-order valence-corrected chi connectivity index (χ3v) is 5.74. The molecule has 0 saturated heterocycles. The molecule has 0 aliphatic rings. The fraction of sp³-hybridized carbons (Fsp3) is 0.167. The van der Waals surface area contributed by atoms with Gasteiger partial charge >= 0.3 is 11.9 Å². The number of carbonyl (C=O) groups is 2. The summed E-state index contributed by atoms with van der Waals surface area (Å²) in [6.45, 7) is 1.94. The van der Waals surface area contributed by atoms with Crippen LogP contribution in [0.15, 0.2) is 97.3 Å². The fourth-order valence-corrected chi connectivity index (χ4v) is 3.53. The van der Waals surface area contributed by atoms with Crippen LogP contribution in [-0.2, 0) is 0 Å². The Balaban J connectivity index is 1.30. The molecule has 0 aliphatic carbocycles. The Bertz CT molecular complexity index is 1370. The lowest BCUT2D eigenvalue weighted by Crippen LogP contribution is -2.40. The van der Waals surface area contributed by atoms with Crippen molar-refractivity contribution in [1.29, 1.82) is 0 Å². The molecule has 8 nitrogen and oxygen atoms in total. The topological polar surface area (TPSA) is 78.2 Å². The molecule has 4 rings (SSSR count). The highest BCUT2D eigenvalue weighted by molar-refractivity contribution is 5.92. The molecule has 0 bridgehead atoms. The average molecular weight is 514 g/mol. The SMILES string of the molecule is COc1ccc(C(=O)Oc2ccc(OC(=O)c3ccc(OC(C)[n+]4ccc(N(C)C)cc4)cc3)cc2)cc1. The third-order valence-electron chi connectivity index (χ3n) is 5.74. The highest BCUT2D eigenvalue weighted by atomic mass is 16.5. The largest absolute Gasteiger partial charge is 0.497 e. The lowest BCUT2D eigenvalue weighted by atomic mass is 10.2. The maximum Gasteiger partial charge on any atom is 0.343 e. The summed E-state index contributed by atoms with van der Waals surface area (Å²) < 4.78 is 23.9. The van der Waals surface area contributed by atoms with Crippen LogP contribution >= 0.6 is 0 Å². The predicted molar refractivity (Wildman–Crippen MR) is 142 cm³/mol. The first-order chi connectivity index (χ1) is 18.3. The van der Waals surface area contributed by atoms with Crippen LogP contribution in [0.2, 0.25) is 0 Å². The van der Waals surface area contributed by atoms with E-state index in [9.17, 15) is 9.59 Å². The molecule has 0 N–H and O–H groups in total. The molecule has 0 amide bonds. The minimum absolute atomic E-state index is 0.235. The minimum atomic E-state index is -0.513. The normalized spacial score (nSPS) is 11.3. The Kier molecular flexibility index (Phi) is 8.23. The number of pyridine rings is 1. The Morgan fingerprint density at radius 2 is 1.08 bits per heavy atom. The number of carbonyl (C=O) groups excluding carboxylic acids is 2. The number of hydrogen-bond donors (Lipinski definition) is 0. The summed E-state index contributed by atoms with van der Waals surface area (Å²) in [7, 11) is 5.53. The molecule has 4 aromatic rings. The van der Waals surface area contributed by atoms with Gasteiger partial charge in [0.2, 0.25) is 0 Å². The lowest BCUT2D eigenvalue weighted by molar-refractivity contribution is -0.749. The maximum atomic E-state index is 12.6. The van der Waals surface area contributed by atoms with Crippen molar-refractivity contribution in [2.24, 2.45) is 0 Å². The van der Waals surface area contributed by atoms with Gasteiger partial charge in [0.1, 0.15) is 23.0 Å². The number of anilines is 1. The van der Waals surface area contributed by atoms with E-state index in [0.29, 0.717) is 34.1 Å². The first-order valence-electron chi connectivity index (χ1n) is 12.0. The third kappa shape index (κ3) is 6.67. The summed E-state index contributed by atoms with van der Waals surface area (Å²) in [5, 5.41) is 0. The maximum absolute atomic E-state index is 12.6. The fourth-order valence-electron chi connectivity index (χ4n) is 3.53. The van der Waals surface area contributed by atoms with Gasteiger partial charge in [-0.15, -0.1) is 0 Å².